The molecule has 2 aliphatic heterocycles. The van der Waals surface area contributed by atoms with E-state index in [4.69, 9.17) is 22.1 Å². The number of nitrogens with one attached hydrogen (secondary N) is 2. The molecule has 0 aromatic heterocycles. The molecule has 0 saturated carbocycles. The second-order valence-corrected chi connectivity index (χ2v) is 10.7. The number of rotatable bonds is 7. The summed E-state index contributed by atoms with van der Waals surface area (Å²) < 4.78 is 5.34. The number of nitrogens with two attached hydrogens (primary N) is 1. The van der Waals surface area contributed by atoms with Gasteiger partial charge in [-0.2, -0.15) is 0 Å². The molecule has 9 nitrogen and oxygen atoms in total. The Morgan fingerprint density at radius 1 is 1.29 bits per heavy atom. The molecule has 2 unspecified atom stereocenters. The van der Waals surface area contributed by atoms with Crippen LogP contribution in [0.4, 0.5) is 5.69 Å². The van der Waals surface area contributed by atoms with Crippen LogP contribution in [0.3, 0.4) is 0 Å². The summed E-state index contributed by atoms with van der Waals surface area (Å²) in [6.45, 7) is 7.96. The Bertz CT molecular complexity index is 993. The van der Waals surface area contributed by atoms with Gasteiger partial charge in [-0.15, -0.1) is 0 Å². The van der Waals surface area contributed by atoms with E-state index < -0.39 is 29.4 Å². The number of anilines is 1. The first-order valence-corrected chi connectivity index (χ1v) is 12.5. The number of nitrogen functional groups attached to an aromatic ring is 1. The van der Waals surface area contributed by atoms with Crippen molar-refractivity contribution in [1.29, 1.82) is 0 Å². The average Bonchev–Trinajstić information content (AvgIpc) is 3.39. The van der Waals surface area contributed by atoms with Crippen molar-refractivity contribution in [3.05, 3.63) is 28.8 Å². The summed E-state index contributed by atoms with van der Waals surface area (Å²) >= 11 is 6.06. The minimum absolute atomic E-state index is 0.127. The maximum atomic E-state index is 13.7. The number of likely N-dealkylation sites (tertiary alicyclic amines) is 1. The summed E-state index contributed by atoms with van der Waals surface area (Å²) in [6.07, 6.45) is 2.44. The van der Waals surface area contributed by atoms with E-state index in [0.29, 0.717) is 31.5 Å². The van der Waals surface area contributed by atoms with Crippen molar-refractivity contribution in [1.82, 2.24) is 15.5 Å². The van der Waals surface area contributed by atoms with E-state index in [-0.39, 0.29) is 40.9 Å². The van der Waals surface area contributed by atoms with E-state index in [2.05, 4.69) is 10.6 Å². The van der Waals surface area contributed by atoms with Crippen LogP contribution in [0.5, 0.6) is 0 Å². The third kappa shape index (κ3) is 6.25. The number of nitrogens with zero attached hydrogens (tertiary/aromatic N) is 1. The number of ether oxygens (including phenoxy) is 1. The molecule has 0 radical (unpaired) electrons. The summed E-state index contributed by atoms with van der Waals surface area (Å²) in [7, 11) is 0. The number of hydrogen-bond acceptors (Lipinski definition) is 6. The molecule has 2 heterocycles. The van der Waals surface area contributed by atoms with Crippen LogP contribution < -0.4 is 16.4 Å². The number of cyclic esters (lactones) is 1. The Labute approximate surface area is 211 Å². The Hall–Kier alpha value is -2.81. The Balaban J connectivity index is 1.74. The first-order valence-electron chi connectivity index (χ1n) is 12.1. The van der Waals surface area contributed by atoms with Gasteiger partial charge in [0, 0.05) is 12.1 Å². The molecule has 0 spiro atoms. The van der Waals surface area contributed by atoms with Gasteiger partial charge in [0.25, 0.3) is 5.91 Å². The van der Waals surface area contributed by atoms with Crippen LogP contribution in [0.2, 0.25) is 5.02 Å². The molecule has 4 atom stereocenters. The molecule has 0 aliphatic carbocycles. The van der Waals surface area contributed by atoms with E-state index in [1.165, 1.54) is 17.0 Å². The molecule has 1 aromatic rings. The van der Waals surface area contributed by atoms with Gasteiger partial charge in [0.05, 0.1) is 23.2 Å². The van der Waals surface area contributed by atoms with Gasteiger partial charge in [0.1, 0.15) is 18.2 Å². The van der Waals surface area contributed by atoms with E-state index in [1.54, 1.807) is 6.07 Å². The third-order valence-corrected chi connectivity index (χ3v) is 6.84. The number of halogens is 1. The van der Waals surface area contributed by atoms with Crippen LogP contribution in [-0.2, 0) is 19.1 Å². The molecule has 4 N–H and O–H groups in total. The van der Waals surface area contributed by atoms with Crippen molar-refractivity contribution >= 4 is 41.0 Å². The second-order valence-electron chi connectivity index (χ2n) is 10.3. The largest absolute Gasteiger partial charge is 0.460 e. The van der Waals surface area contributed by atoms with E-state index in [9.17, 15) is 19.2 Å². The number of esters is 1. The molecule has 1 aromatic carbocycles. The maximum absolute atomic E-state index is 13.7. The first-order chi connectivity index (χ1) is 16.4. The highest BCUT2D eigenvalue weighted by Crippen LogP contribution is 2.28. The molecule has 35 heavy (non-hydrogen) atoms. The van der Waals surface area contributed by atoms with Crippen molar-refractivity contribution in [2.24, 2.45) is 5.41 Å². The monoisotopic (exact) mass is 506 g/mol. The fourth-order valence-electron chi connectivity index (χ4n) is 4.58. The molecular weight excluding hydrogens is 472 g/mol. The highest BCUT2D eigenvalue weighted by atomic mass is 35.5. The van der Waals surface area contributed by atoms with E-state index >= 15 is 0 Å². The van der Waals surface area contributed by atoms with Crippen molar-refractivity contribution in [3.8, 4) is 0 Å². The summed E-state index contributed by atoms with van der Waals surface area (Å²) in [5, 5.41) is 6.02. The number of carbonyl (C=O) groups is 4. The predicted octanol–water partition coefficient (Wildman–Crippen LogP) is 2.66. The molecule has 3 rings (SSSR count). The smallest absolute Gasteiger partial charge is 0.308 e. The highest BCUT2D eigenvalue weighted by Gasteiger charge is 2.43. The summed E-state index contributed by atoms with van der Waals surface area (Å²) in [5.74, 6) is -1.41. The molecular formula is C25H35ClN4O5. The lowest BCUT2D eigenvalue weighted by molar-refractivity contribution is -0.142. The van der Waals surface area contributed by atoms with Gasteiger partial charge in [-0.05, 0) is 42.9 Å². The first kappa shape index (κ1) is 26.8. The van der Waals surface area contributed by atoms with Gasteiger partial charge >= 0.3 is 5.97 Å². The van der Waals surface area contributed by atoms with Crippen LogP contribution in [0.15, 0.2) is 18.2 Å². The van der Waals surface area contributed by atoms with Crippen LogP contribution in [-0.4, -0.2) is 59.4 Å². The van der Waals surface area contributed by atoms with Crippen molar-refractivity contribution < 1.29 is 23.9 Å². The van der Waals surface area contributed by atoms with Gasteiger partial charge in [-0.1, -0.05) is 45.7 Å². The van der Waals surface area contributed by atoms with Gasteiger partial charge < -0.3 is 26.0 Å². The highest BCUT2D eigenvalue weighted by molar-refractivity contribution is 6.33. The number of carbonyl (C=O) groups excluding carboxylic acids is 4. The minimum atomic E-state index is -0.871. The fourth-order valence-corrected chi connectivity index (χ4v) is 4.76. The number of benzene rings is 1. The zero-order valence-electron chi connectivity index (χ0n) is 20.7. The molecule has 2 aliphatic rings. The molecule has 2 fully saturated rings. The summed E-state index contributed by atoms with van der Waals surface area (Å²) in [6, 6.07) is 2.60. The molecule has 192 valence electrons. The van der Waals surface area contributed by atoms with Crippen LogP contribution in [0, 0.1) is 5.41 Å². The van der Waals surface area contributed by atoms with Gasteiger partial charge in [0.15, 0.2) is 0 Å². The average molecular weight is 507 g/mol. The van der Waals surface area contributed by atoms with Crippen molar-refractivity contribution in [2.45, 2.75) is 84.0 Å². The standard InChI is InChI=1S/C25H35ClN4O5/c1-5-7-19-17(13-20(31)35-19)28-23(33)18-8-6-11-30(18)24(34)21(25(2,3)4)29-22(32)14-9-10-16(27)15(26)12-14/h9-10,12,17-19,21H,5-8,11,13,27H2,1-4H3,(H,28,33)(H,29,32)/t17-,18?,19-,21?/m0/s1. The lowest BCUT2D eigenvalue weighted by Crippen LogP contribution is -2.58. The van der Waals surface area contributed by atoms with Crippen molar-refractivity contribution in [2.75, 3.05) is 12.3 Å². The zero-order valence-corrected chi connectivity index (χ0v) is 21.5. The molecule has 10 heteroatoms. The van der Waals surface area contributed by atoms with Gasteiger partial charge in [0.2, 0.25) is 11.8 Å². The van der Waals surface area contributed by atoms with E-state index in [0.717, 1.165) is 6.42 Å². The van der Waals surface area contributed by atoms with Crippen LogP contribution in [0.1, 0.15) is 70.2 Å². The normalized spacial score (nSPS) is 23.1. The number of amides is 3. The van der Waals surface area contributed by atoms with Crippen LogP contribution >= 0.6 is 11.6 Å². The fraction of sp³-hybridized carbons (Fsp3) is 0.600. The lowest BCUT2D eigenvalue weighted by Gasteiger charge is -2.35. The Morgan fingerprint density at radius 3 is 2.63 bits per heavy atom. The molecule has 0 bridgehead atoms. The zero-order chi connectivity index (χ0) is 25.9. The summed E-state index contributed by atoms with van der Waals surface area (Å²) in [4.78, 5) is 53.1. The third-order valence-electron chi connectivity index (χ3n) is 6.51. The summed E-state index contributed by atoms with van der Waals surface area (Å²) in [5.41, 5.74) is 5.76. The molecule has 3 amide bonds. The second kappa shape index (κ2) is 10.8. The van der Waals surface area contributed by atoms with Gasteiger partial charge in [-0.25, -0.2) is 0 Å². The van der Waals surface area contributed by atoms with Gasteiger partial charge in [-0.3, -0.25) is 19.2 Å². The van der Waals surface area contributed by atoms with E-state index in [1.807, 2.05) is 27.7 Å². The number of hydrogen-bond donors (Lipinski definition) is 3. The minimum Gasteiger partial charge on any atom is -0.460 e. The SMILES string of the molecule is CCC[C@@H]1OC(=O)C[C@@H]1NC(=O)C1CCCN1C(=O)C(NC(=O)c1ccc(N)c(Cl)c1)C(C)(C)C. The molecule has 2 saturated heterocycles. The van der Waals surface area contributed by atoms with Crippen molar-refractivity contribution in [3.63, 3.8) is 0 Å². The Morgan fingerprint density at radius 2 is 2.00 bits per heavy atom. The lowest BCUT2D eigenvalue weighted by atomic mass is 9.85. The maximum Gasteiger partial charge on any atom is 0.308 e. The predicted molar refractivity (Wildman–Crippen MR) is 133 cm³/mol. The topological polar surface area (TPSA) is 131 Å². The van der Waals surface area contributed by atoms with Crippen LogP contribution in [0.25, 0.3) is 0 Å². The quantitative estimate of drug-likeness (QED) is 0.385. The Kier molecular flexibility index (Phi) is 8.30.